The smallest absolute Gasteiger partial charge is 0.462 e. The second-order valence-electron chi connectivity index (χ2n) is 27.3. The minimum absolute atomic E-state index is 0.104. The molecule has 0 aromatic carbocycles. The van der Waals surface area contributed by atoms with Crippen molar-refractivity contribution in [1.29, 1.82) is 0 Å². The first-order valence-electron chi connectivity index (χ1n) is 38.0. The van der Waals surface area contributed by atoms with E-state index in [0.717, 1.165) is 108 Å². The lowest BCUT2D eigenvalue weighted by Crippen LogP contribution is -2.30. The van der Waals surface area contributed by atoms with E-state index in [9.17, 15) is 43.2 Å². The van der Waals surface area contributed by atoms with Crippen LogP contribution < -0.4 is 0 Å². The van der Waals surface area contributed by atoms with Crippen LogP contribution in [0.25, 0.3) is 0 Å². The fourth-order valence-corrected chi connectivity index (χ4v) is 12.7. The number of unbranched alkanes of at least 4 members (excludes halogenated alkanes) is 42. The molecule has 2 unspecified atom stereocenters. The molecule has 0 rings (SSSR count). The van der Waals surface area contributed by atoms with Crippen LogP contribution in [0.4, 0.5) is 0 Å². The van der Waals surface area contributed by atoms with Gasteiger partial charge in [-0.15, -0.1) is 0 Å². The van der Waals surface area contributed by atoms with Gasteiger partial charge in [-0.2, -0.15) is 0 Å². The van der Waals surface area contributed by atoms with Crippen molar-refractivity contribution in [1.82, 2.24) is 0 Å². The number of aliphatic hydroxyl groups excluding tert-OH is 1. The lowest BCUT2D eigenvalue weighted by atomic mass is 10.0. The van der Waals surface area contributed by atoms with Crippen LogP contribution >= 0.6 is 15.6 Å². The molecule has 0 aliphatic rings. The molecule has 92 heavy (non-hydrogen) atoms. The molecular formula is C73H142O17P2. The molecule has 0 bridgehead atoms. The van der Waals surface area contributed by atoms with Crippen molar-refractivity contribution in [2.75, 3.05) is 39.6 Å². The third-order valence-electron chi connectivity index (χ3n) is 17.0. The Morgan fingerprint density at radius 1 is 0.293 bits per heavy atom. The maximum atomic E-state index is 13.1. The summed E-state index contributed by atoms with van der Waals surface area (Å²) >= 11 is 0. The summed E-state index contributed by atoms with van der Waals surface area (Å²) in [5, 5.41) is 10.6. The molecule has 546 valence electrons. The lowest BCUT2D eigenvalue weighted by molar-refractivity contribution is -0.161. The fraction of sp³-hybridized carbons (Fsp3) is 0.945. The van der Waals surface area contributed by atoms with Gasteiger partial charge in [-0.3, -0.25) is 37.3 Å². The van der Waals surface area contributed by atoms with Gasteiger partial charge in [-0.05, 0) is 37.5 Å². The Balaban J connectivity index is 5.12. The predicted molar refractivity (Wildman–Crippen MR) is 372 cm³/mol. The van der Waals surface area contributed by atoms with Crippen LogP contribution in [-0.4, -0.2) is 96.7 Å². The van der Waals surface area contributed by atoms with Crippen molar-refractivity contribution in [3.8, 4) is 0 Å². The summed E-state index contributed by atoms with van der Waals surface area (Å²) in [6.45, 7) is 9.48. The molecule has 0 heterocycles. The highest BCUT2D eigenvalue weighted by Crippen LogP contribution is 2.45. The number of phosphoric acid groups is 2. The molecule has 0 fully saturated rings. The van der Waals surface area contributed by atoms with Gasteiger partial charge in [0.25, 0.3) is 0 Å². The minimum Gasteiger partial charge on any atom is -0.462 e. The van der Waals surface area contributed by atoms with Gasteiger partial charge < -0.3 is 33.8 Å². The minimum atomic E-state index is -4.95. The first-order valence-corrected chi connectivity index (χ1v) is 41.0. The Labute approximate surface area is 562 Å². The first-order chi connectivity index (χ1) is 44.4. The molecule has 0 spiro atoms. The second-order valence-corrected chi connectivity index (χ2v) is 30.2. The number of carbonyl (C=O) groups excluding carboxylic acids is 4. The second kappa shape index (κ2) is 65.0. The summed E-state index contributed by atoms with van der Waals surface area (Å²) in [7, 11) is -9.89. The van der Waals surface area contributed by atoms with Crippen LogP contribution in [0.3, 0.4) is 0 Å². The van der Waals surface area contributed by atoms with E-state index in [1.165, 1.54) is 186 Å². The first kappa shape index (κ1) is 90.1. The average molecular weight is 1350 g/mol. The number of hydrogen-bond donors (Lipinski definition) is 3. The maximum absolute atomic E-state index is 13.1. The van der Waals surface area contributed by atoms with E-state index in [1.54, 1.807) is 0 Å². The number of esters is 4. The van der Waals surface area contributed by atoms with Gasteiger partial charge >= 0.3 is 39.5 Å². The van der Waals surface area contributed by atoms with E-state index in [4.69, 9.17) is 37.0 Å². The monoisotopic (exact) mass is 1350 g/mol. The SMILES string of the molecule is CCCCCCCCCCCCCCCCCC(=O)OC[C@H](COP(=O)(O)OC[C@@H](O)COP(=O)(O)OC[C@@H](COC(=O)CCCCCCC)OC(=O)CCCCCCCCCCC(C)C)OC(=O)CCCCCCCCCCCCCCCCCCCCC(C)C. The fourth-order valence-electron chi connectivity index (χ4n) is 11.1. The van der Waals surface area contributed by atoms with Gasteiger partial charge in [0, 0.05) is 25.7 Å². The highest BCUT2D eigenvalue weighted by atomic mass is 31.2. The molecule has 0 radical (unpaired) electrons. The highest BCUT2D eigenvalue weighted by Gasteiger charge is 2.30. The quantitative estimate of drug-likeness (QED) is 0.0222. The molecule has 17 nitrogen and oxygen atoms in total. The van der Waals surface area contributed by atoms with E-state index < -0.39 is 97.5 Å². The maximum Gasteiger partial charge on any atom is 0.472 e. The number of phosphoric ester groups is 2. The third kappa shape index (κ3) is 66.7. The molecule has 0 saturated carbocycles. The predicted octanol–water partition coefficient (Wildman–Crippen LogP) is 21.2. The van der Waals surface area contributed by atoms with Gasteiger partial charge in [0.05, 0.1) is 26.4 Å². The van der Waals surface area contributed by atoms with E-state index in [0.29, 0.717) is 25.7 Å². The molecule has 3 N–H and O–H groups in total. The van der Waals surface area contributed by atoms with Gasteiger partial charge in [-0.1, -0.05) is 324 Å². The molecule has 0 aromatic rings. The average Bonchev–Trinajstić information content (AvgIpc) is 1.65. The standard InChI is InChI=1S/C73H142O17P2/c1-7-9-11-13-14-15-16-17-22-26-29-32-38-44-50-56-71(76)84-62-69(90-72(77)57-51-45-39-33-30-27-24-21-19-18-20-23-25-28-31-36-42-47-53-65(3)4)64-88-92(81,82)86-60-67(74)59-85-91(79,80)87-63-68(61-83-70(75)55-49-41-12-10-8-2)89-73(78)58-52-46-40-35-34-37-43-48-54-66(5)6/h65-69,74H,7-64H2,1-6H3,(H,79,80)(H,81,82)/t67-,68+,69+/m0/s1. The van der Waals surface area contributed by atoms with Crippen molar-refractivity contribution in [3.63, 3.8) is 0 Å². The summed E-state index contributed by atoms with van der Waals surface area (Å²) in [4.78, 5) is 72.3. The molecule has 0 amide bonds. The Morgan fingerprint density at radius 3 is 0.739 bits per heavy atom. The Morgan fingerprint density at radius 2 is 0.500 bits per heavy atom. The van der Waals surface area contributed by atoms with Crippen LogP contribution in [0.2, 0.25) is 0 Å². The zero-order valence-corrected chi connectivity index (χ0v) is 61.6. The summed E-state index contributed by atoms with van der Waals surface area (Å²) in [5.41, 5.74) is 0. The Bertz CT molecular complexity index is 1790. The lowest BCUT2D eigenvalue weighted by Gasteiger charge is -2.21. The molecule has 0 aromatic heterocycles. The van der Waals surface area contributed by atoms with Crippen molar-refractivity contribution >= 4 is 39.5 Å². The summed E-state index contributed by atoms with van der Waals surface area (Å²) in [6, 6.07) is 0. The molecule has 5 atom stereocenters. The number of ether oxygens (including phenoxy) is 4. The van der Waals surface area contributed by atoms with Crippen molar-refractivity contribution in [3.05, 3.63) is 0 Å². The largest absolute Gasteiger partial charge is 0.472 e. The van der Waals surface area contributed by atoms with Crippen molar-refractivity contribution in [2.45, 2.75) is 394 Å². The number of carbonyl (C=O) groups is 4. The van der Waals surface area contributed by atoms with Crippen molar-refractivity contribution in [2.24, 2.45) is 11.8 Å². The number of aliphatic hydroxyl groups is 1. The van der Waals surface area contributed by atoms with Gasteiger partial charge in [0.15, 0.2) is 12.2 Å². The zero-order valence-electron chi connectivity index (χ0n) is 59.9. The summed E-state index contributed by atoms with van der Waals surface area (Å²) < 4.78 is 68.1. The van der Waals surface area contributed by atoms with Crippen LogP contribution in [0.15, 0.2) is 0 Å². The van der Waals surface area contributed by atoms with Crippen LogP contribution in [0, 0.1) is 11.8 Å². The summed E-state index contributed by atoms with van der Waals surface area (Å²) in [6.07, 6.45) is 51.9. The molecule has 0 aliphatic carbocycles. The highest BCUT2D eigenvalue weighted by molar-refractivity contribution is 7.47. The van der Waals surface area contributed by atoms with E-state index in [2.05, 4.69) is 41.5 Å². The molecule has 19 heteroatoms. The number of hydrogen-bond acceptors (Lipinski definition) is 15. The normalized spacial score (nSPS) is 14.1. The van der Waals surface area contributed by atoms with Gasteiger partial charge in [0.2, 0.25) is 0 Å². The van der Waals surface area contributed by atoms with Crippen molar-refractivity contribution < 1.29 is 80.2 Å². The molecule has 0 saturated heterocycles. The van der Waals surface area contributed by atoms with E-state index in [1.807, 2.05) is 0 Å². The Hall–Kier alpha value is -1.94. The Kier molecular flexibility index (Phi) is 63.7. The molecular weight excluding hydrogens is 1210 g/mol. The number of rotatable bonds is 72. The van der Waals surface area contributed by atoms with Crippen LogP contribution in [0.5, 0.6) is 0 Å². The third-order valence-corrected chi connectivity index (χ3v) is 18.9. The van der Waals surface area contributed by atoms with E-state index in [-0.39, 0.29) is 25.7 Å². The topological polar surface area (TPSA) is 237 Å². The zero-order chi connectivity index (χ0) is 67.9. The van der Waals surface area contributed by atoms with Crippen LogP contribution in [0.1, 0.15) is 375 Å². The molecule has 0 aliphatic heterocycles. The van der Waals surface area contributed by atoms with Crippen LogP contribution in [-0.2, 0) is 65.4 Å². The van der Waals surface area contributed by atoms with Gasteiger partial charge in [-0.25, -0.2) is 9.13 Å². The van der Waals surface area contributed by atoms with E-state index >= 15 is 0 Å². The summed E-state index contributed by atoms with van der Waals surface area (Å²) in [5.74, 6) is -0.594. The van der Waals surface area contributed by atoms with Gasteiger partial charge in [0.1, 0.15) is 19.3 Å².